The number of fused-ring (bicyclic) bond motifs is 1. The van der Waals surface area contributed by atoms with Gasteiger partial charge in [0.15, 0.2) is 0 Å². The molecule has 2 aromatic rings. The summed E-state index contributed by atoms with van der Waals surface area (Å²) in [5.74, 6) is 0.445. The van der Waals surface area contributed by atoms with E-state index in [-0.39, 0.29) is 0 Å². The minimum atomic E-state index is -0.515. The molecule has 0 radical (unpaired) electrons. The van der Waals surface area contributed by atoms with Crippen LogP contribution in [0.5, 0.6) is 0 Å². The zero-order chi connectivity index (χ0) is 12.5. The maximum absolute atomic E-state index is 10.3. The number of pyridine rings is 1. The third-order valence-electron chi connectivity index (χ3n) is 3.63. The van der Waals surface area contributed by atoms with E-state index in [2.05, 4.69) is 29.2 Å². The van der Waals surface area contributed by atoms with Crippen molar-refractivity contribution in [3.8, 4) is 0 Å². The number of aromatic nitrogens is 1. The maximum Gasteiger partial charge on any atom is 0.0811 e. The van der Waals surface area contributed by atoms with Crippen LogP contribution in [0.15, 0.2) is 42.7 Å². The minimum absolute atomic E-state index is 0.445. The molecule has 2 atom stereocenters. The van der Waals surface area contributed by atoms with Gasteiger partial charge in [-0.25, -0.2) is 0 Å². The highest BCUT2D eigenvalue weighted by Crippen LogP contribution is 2.41. The molecule has 0 fully saturated rings. The first kappa shape index (κ1) is 11.7. The van der Waals surface area contributed by atoms with Crippen LogP contribution in [0.2, 0.25) is 5.02 Å². The first-order valence-electron chi connectivity index (χ1n) is 6.11. The first-order chi connectivity index (χ1) is 8.75. The first-order valence-corrected chi connectivity index (χ1v) is 6.49. The van der Waals surface area contributed by atoms with Crippen molar-refractivity contribution in [3.05, 3.63) is 64.4 Å². The molecule has 0 spiro atoms. The summed E-state index contributed by atoms with van der Waals surface area (Å²) >= 11 is 6.04. The molecule has 92 valence electrons. The third-order valence-corrected chi connectivity index (χ3v) is 3.95. The predicted octanol–water partition coefficient (Wildman–Crippen LogP) is 3.50. The number of hydrogen-bond donors (Lipinski definition) is 1. The lowest BCUT2D eigenvalue weighted by atomic mass is 9.74. The molecule has 3 rings (SSSR count). The van der Waals surface area contributed by atoms with Gasteiger partial charge >= 0.3 is 0 Å². The molecule has 0 amide bonds. The molecule has 1 heterocycles. The molecule has 2 unspecified atom stereocenters. The van der Waals surface area contributed by atoms with Gasteiger partial charge in [-0.05, 0) is 36.0 Å². The summed E-state index contributed by atoms with van der Waals surface area (Å²) in [6, 6.07) is 10.2. The Labute approximate surface area is 111 Å². The lowest BCUT2D eigenvalue weighted by Crippen LogP contribution is -2.19. The van der Waals surface area contributed by atoms with Gasteiger partial charge < -0.3 is 5.11 Å². The molecule has 1 aliphatic carbocycles. The Morgan fingerprint density at radius 2 is 2.17 bits per heavy atom. The van der Waals surface area contributed by atoms with Crippen LogP contribution in [0.1, 0.15) is 35.1 Å². The van der Waals surface area contributed by atoms with Gasteiger partial charge in [0.2, 0.25) is 0 Å². The summed E-state index contributed by atoms with van der Waals surface area (Å²) in [5.41, 5.74) is 3.54. The highest BCUT2D eigenvalue weighted by Gasteiger charge is 2.28. The van der Waals surface area contributed by atoms with Crippen molar-refractivity contribution in [2.45, 2.75) is 24.9 Å². The van der Waals surface area contributed by atoms with Crippen molar-refractivity contribution in [1.82, 2.24) is 4.98 Å². The fourth-order valence-electron chi connectivity index (χ4n) is 2.63. The van der Waals surface area contributed by atoms with Crippen LogP contribution in [-0.2, 0) is 6.42 Å². The van der Waals surface area contributed by atoms with Crippen molar-refractivity contribution in [2.24, 2.45) is 0 Å². The average Bonchev–Trinajstić information content (AvgIpc) is 2.36. The summed E-state index contributed by atoms with van der Waals surface area (Å²) in [6.45, 7) is 0. The van der Waals surface area contributed by atoms with Gasteiger partial charge in [-0.1, -0.05) is 35.9 Å². The molecular formula is C15H14ClNO. The molecule has 0 bridgehead atoms. The van der Waals surface area contributed by atoms with Crippen molar-refractivity contribution < 1.29 is 5.11 Å². The topological polar surface area (TPSA) is 33.1 Å². The standard InChI is InChI=1S/C15H14ClNO/c16-14-9-17-6-5-13(14)15(18)8-11-7-10-3-1-2-4-12(10)11/h1-6,9,11,15,18H,7-8H2. The predicted molar refractivity (Wildman–Crippen MR) is 71.7 cm³/mol. The van der Waals surface area contributed by atoms with Crippen molar-refractivity contribution in [3.63, 3.8) is 0 Å². The van der Waals surface area contributed by atoms with Gasteiger partial charge in [-0.15, -0.1) is 0 Å². The highest BCUT2D eigenvalue weighted by atomic mass is 35.5. The summed E-state index contributed by atoms with van der Waals surface area (Å²) in [6.07, 6.45) is 4.50. The number of halogens is 1. The van der Waals surface area contributed by atoms with Crippen LogP contribution in [-0.4, -0.2) is 10.1 Å². The normalized spacial score (nSPS) is 18.9. The monoisotopic (exact) mass is 259 g/mol. The Morgan fingerprint density at radius 1 is 1.33 bits per heavy atom. The van der Waals surface area contributed by atoms with Crippen LogP contribution in [0.25, 0.3) is 0 Å². The van der Waals surface area contributed by atoms with Gasteiger partial charge in [0, 0.05) is 18.0 Å². The molecule has 2 nitrogen and oxygen atoms in total. The van der Waals surface area contributed by atoms with Crippen LogP contribution in [0.3, 0.4) is 0 Å². The second-order valence-corrected chi connectivity index (χ2v) is 5.16. The Hall–Kier alpha value is -1.38. The molecular weight excluding hydrogens is 246 g/mol. The largest absolute Gasteiger partial charge is 0.388 e. The van der Waals surface area contributed by atoms with E-state index < -0.39 is 6.10 Å². The zero-order valence-electron chi connectivity index (χ0n) is 9.88. The van der Waals surface area contributed by atoms with Gasteiger partial charge in [0.25, 0.3) is 0 Å². The fourth-order valence-corrected chi connectivity index (χ4v) is 2.87. The number of hydrogen-bond acceptors (Lipinski definition) is 2. The van der Waals surface area contributed by atoms with Crippen molar-refractivity contribution in [2.75, 3.05) is 0 Å². The van der Waals surface area contributed by atoms with E-state index in [0.29, 0.717) is 10.9 Å². The highest BCUT2D eigenvalue weighted by molar-refractivity contribution is 6.31. The molecule has 0 saturated carbocycles. The zero-order valence-corrected chi connectivity index (χ0v) is 10.6. The Morgan fingerprint density at radius 3 is 2.94 bits per heavy atom. The third kappa shape index (κ3) is 2.02. The number of aliphatic hydroxyl groups is 1. The smallest absolute Gasteiger partial charge is 0.0811 e. The fraction of sp³-hybridized carbons (Fsp3) is 0.267. The SMILES string of the molecule is OC(CC1Cc2ccccc21)c1ccncc1Cl. The molecule has 18 heavy (non-hydrogen) atoms. The van der Waals surface area contributed by atoms with Gasteiger partial charge in [0.05, 0.1) is 11.1 Å². The van der Waals surface area contributed by atoms with Crippen LogP contribution in [0, 0.1) is 0 Å². The molecule has 3 heteroatoms. The molecule has 0 aliphatic heterocycles. The van der Waals surface area contributed by atoms with Gasteiger partial charge in [-0.3, -0.25) is 4.98 Å². The lowest BCUT2D eigenvalue weighted by Gasteiger charge is -2.31. The number of benzene rings is 1. The van der Waals surface area contributed by atoms with E-state index >= 15 is 0 Å². The van der Waals surface area contributed by atoms with Crippen molar-refractivity contribution in [1.29, 1.82) is 0 Å². The Balaban J connectivity index is 1.74. The average molecular weight is 260 g/mol. The van der Waals surface area contributed by atoms with Crippen LogP contribution in [0.4, 0.5) is 0 Å². The van der Waals surface area contributed by atoms with E-state index in [1.165, 1.54) is 11.1 Å². The minimum Gasteiger partial charge on any atom is -0.388 e. The number of rotatable bonds is 3. The summed E-state index contributed by atoms with van der Waals surface area (Å²) in [5, 5.41) is 10.8. The molecule has 1 aromatic carbocycles. The van der Waals surface area contributed by atoms with E-state index in [1.54, 1.807) is 18.5 Å². The van der Waals surface area contributed by atoms with Crippen LogP contribution < -0.4 is 0 Å². The van der Waals surface area contributed by atoms with Crippen molar-refractivity contribution >= 4 is 11.6 Å². The van der Waals surface area contributed by atoms with Gasteiger partial charge in [-0.2, -0.15) is 0 Å². The van der Waals surface area contributed by atoms with E-state index in [0.717, 1.165) is 18.4 Å². The summed E-state index contributed by atoms with van der Waals surface area (Å²) < 4.78 is 0. The van der Waals surface area contributed by atoms with E-state index in [4.69, 9.17) is 11.6 Å². The maximum atomic E-state index is 10.3. The second-order valence-electron chi connectivity index (χ2n) is 4.75. The summed E-state index contributed by atoms with van der Waals surface area (Å²) in [4.78, 5) is 3.93. The van der Waals surface area contributed by atoms with Gasteiger partial charge in [0.1, 0.15) is 0 Å². The number of nitrogens with zero attached hydrogens (tertiary/aromatic N) is 1. The molecule has 1 aliphatic rings. The Bertz CT molecular complexity index is 570. The van der Waals surface area contributed by atoms with Crippen LogP contribution >= 0.6 is 11.6 Å². The summed E-state index contributed by atoms with van der Waals surface area (Å²) in [7, 11) is 0. The molecule has 1 aromatic heterocycles. The number of aliphatic hydroxyl groups excluding tert-OH is 1. The van der Waals surface area contributed by atoms with E-state index in [9.17, 15) is 5.11 Å². The molecule has 1 N–H and O–H groups in total. The lowest BCUT2D eigenvalue weighted by molar-refractivity contribution is 0.153. The quantitative estimate of drug-likeness (QED) is 0.915. The Kier molecular flexibility index (Phi) is 3.06. The molecule has 0 saturated heterocycles. The second kappa shape index (κ2) is 4.71. The van der Waals surface area contributed by atoms with E-state index in [1.807, 2.05) is 0 Å².